The second-order valence-electron chi connectivity index (χ2n) is 4.28. The average molecular weight is 326 g/mol. The molecule has 0 aliphatic heterocycles. The number of nitrogens with zero attached hydrogens (tertiary/aromatic N) is 1. The SMILES string of the molecule is S=C(NCC1=CCCCC1)Nc1ccc(Br)cn1. The molecular formula is C13H16BrN3S. The standard InChI is InChI=1S/C13H16BrN3S/c14-11-6-7-12(15-9-11)17-13(18)16-8-10-4-2-1-3-5-10/h4,6-7,9H,1-3,5,8H2,(H2,15,16,17,18). The summed E-state index contributed by atoms with van der Waals surface area (Å²) in [6.07, 6.45) is 9.06. The van der Waals surface area contributed by atoms with E-state index in [1.807, 2.05) is 12.1 Å². The van der Waals surface area contributed by atoms with Crippen molar-refractivity contribution in [2.45, 2.75) is 25.7 Å². The molecule has 1 aromatic rings. The molecule has 0 saturated heterocycles. The van der Waals surface area contributed by atoms with E-state index in [2.05, 4.69) is 37.6 Å². The van der Waals surface area contributed by atoms with Gasteiger partial charge in [-0.1, -0.05) is 11.6 Å². The fourth-order valence-electron chi connectivity index (χ4n) is 1.87. The first-order valence-corrected chi connectivity index (χ1v) is 7.28. The van der Waals surface area contributed by atoms with Gasteiger partial charge in [0.2, 0.25) is 0 Å². The zero-order valence-corrected chi connectivity index (χ0v) is 12.5. The molecule has 1 aliphatic carbocycles. The molecule has 2 N–H and O–H groups in total. The molecule has 2 rings (SSSR count). The summed E-state index contributed by atoms with van der Waals surface area (Å²) in [5.41, 5.74) is 1.45. The molecule has 0 aromatic carbocycles. The second-order valence-corrected chi connectivity index (χ2v) is 5.60. The molecule has 18 heavy (non-hydrogen) atoms. The Morgan fingerprint density at radius 2 is 2.28 bits per heavy atom. The van der Waals surface area contributed by atoms with Crippen LogP contribution in [0.3, 0.4) is 0 Å². The van der Waals surface area contributed by atoms with Gasteiger partial charge < -0.3 is 10.6 Å². The van der Waals surface area contributed by atoms with E-state index >= 15 is 0 Å². The normalized spacial score (nSPS) is 14.8. The molecule has 1 heterocycles. The molecule has 0 amide bonds. The molecule has 0 radical (unpaired) electrons. The van der Waals surface area contributed by atoms with Crippen LogP contribution in [0.5, 0.6) is 0 Å². The molecule has 0 spiro atoms. The Labute approximate surface area is 121 Å². The Kier molecular flexibility index (Phi) is 5.13. The first-order valence-electron chi connectivity index (χ1n) is 6.08. The van der Waals surface area contributed by atoms with Crippen LogP contribution in [0, 0.1) is 0 Å². The van der Waals surface area contributed by atoms with E-state index in [4.69, 9.17) is 12.2 Å². The van der Waals surface area contributed by atoms with E-state index in [-0.39, 0.29) is 0 Å². The van der Waals surface area contributed by atoms with Gasteiger partial charge in [0.05, 0.1) is 0 Å². The smallest absolute Gasteiger partial charge is 0.172 e. The lowest BCUT2D eigenvalue weighted by Crippen LogP contribution is -2.30. The summed E-state index contributed by atoms with van der Waals surface area (Å²) in [6.45, 7) is 0.836. The zero-order chi connectivity index (χ0) is 12.8. The summed E-state index contributed by atoms with van der Waals surface area (Å²) in [6, 6.07) is 3.82. The minimum Gasteiger partial charge on any atom is -0.359 e. The van der Waals surface area contributed by atoms with Crippen molar-refractivity contribution in [1.29, 1.82) is 0 Å². The number of halogens is 1. The maximum absolute atomic E-state index is 5.24. The van der Waals surface area contributed by atoms with Crippen molar-refractivity contribution in [3.8, 4) is 0 Å². The van der Waals surface area contributed by atoms with Gasteiger partial charge >= 0.3 is 0 Å². The Balaban J connectivity index is 1.78. The third-order valence-electron chi connectivity index (χ3n) is 2.83. The highest BCUT2D eigenvalue weighted by atomic mass is 79.9. The van der Waals surface area contributed by atoms with Gasteiger partial charge in [0.25, 0.3) is 0 Å². The highest BCUT2D eigenvalue weighted by Crippen LogP contribution is 2.16. The summed E-state index contributed by atoms with van der Waals surface area (Å²) in [5.74, 6) is 0.758. The molecule has 5 heteroatoms. The number of allylic oxidation sites excluding steroid dienone is 1. The molecule has 3 nitrogen and oxygen atoms in total. The number of nitrogens with one attached hydrogen (secondary N) is 2. The molecule has 1 aliphatic rings. The molecule has 96 valence electrons. The van der Waals surface area contributed by atoms with Crippen LogP contribution in [0.1, 0.15) is 25.7 Å². The van der Waals surface area contributed by atoms with Gasteiger partial charge in [-0.2, -0.15) is 0 Å². The van der Waals surface area contributed by atoms with Crippen LogP contribution in [-0.2, 0) is 0 Å². The molecule has 0 atom stereocenters. The summed E-state index contributed by atoms with van der Waals surface area (Å²) in [4.78, 5) is 4.21. The van der Waals surface area contributed by atoms with Crippen molar-refractivity contribution in [3.63, 3.8) is 0 Å². The molecule has 0 bridgehead atoms. The van der Waals surface area contributed by atoms with Crippen LogP contribution in [0.2, 0.25) is 0 Å². The zero-order valence-electron chi connectivity index (χ0n) is 10.1. The van der Waals surface area contributed by atoms with Crippen molar-refractivity contribution in [2.75, 3.05) is 11.9 Å². The van der Waals surface area contributed by atoms with Crippen LogP contribution in [0.25, 0.3) is 0 Å². The van der Waals surface area contributed by atoms with E-state index in [1.54, 1.807) is 6.20 Å². The van der Waals surface area contributed by atoms with Crippen LogP contribution in [0.4, 0.5) is 5.82 Å². The van der Waals surface area contributed by atoms with Crippen molar-refractivity contribution >= 4 is 39.1 Å². The highest BCUT2D eigenvalue weighted by Gasteiger charge is 2.04. The predicted octanol–water partition coefficient (Wildman–Crippen LogP) is 3.63. The maximum Gasteiger partial charge on any atom is 0.172 e. The lowest BCUT2D eigenvalue weighted by Gasteiger charge is -2.15. The minimum atomic E-state index is 0.622. The van der Waals surface area contributed by atoms with Gasteiger partial charge in [-0.15, -0.1) is 0 Å². The van der Waals surface area contributed by atoms with Crippen LogP contribution >= 0.6 is 28.1 Å². The van der Waals surface area contributed by atoms with Crippen LogP contribution in [-0.4, -0.2) is 16.6 Å². The Bertz CT molecular complexity index is 442. The van der Waals surface area contributed by atoms with Crippen molar-refractivity contribution < 1.29 is 0 Å². The number of hydrogen-bond donors (Lipinski definition) is 2. The first kappa shape index (κ1) is 13.5. The van der Waals surface area contributed by atoms with Gasteiger partial charge in [-0.25, -0.2) is 4.98 Å². The lowest BCUT2D eigenvalue weighted by atomic mass is 10.00. The van der Waals surface area contributed by atoms with E-state index in [1.165, 1.54) is 31.3 Å². The van der Waals surface area contributed by atoms with E-state index < -0.39 is 0 Å². The summed E-state index contributed by atoms with van der Waals surface area (Å²) >= 11 is 8.58. The summed E-state index contributed by atoms with van der Waals surface area (Å²) < 4.78 is 0.958. The van der Waals surface area contributed by atoms with Gasteiger partial charge in [0.1, 0.15) is 5.82 Å². The average Bonchev–Trinajstić information content (AvgIpc) is 2.40. The molecule has 0 saturated carbocycles. The summed E-state index contributed by atoms with van der Waals surface area (Å²) in [5, 5.41) is 6.91. The number of anilines is 1. The maximum atomic E-state index is 5.24. The molecule has 0 unspecified atom stereocenters. The largest absolute Gasteiger partial charge is 0.359 e. The summed E-state index contributed by atoms with van der Waals surface area (Å²) in [7, 11) is 0. The topological polar surface area (TPSA) is 37.0 Å². The highest BCUT2D eigenvalue weighted by molar-refractivity contribution is 9.10. The fraction of sp³-hybridized carbons (Fsp3) is 0.385. The molecular weight excluding hydrogens is 310 g/mol. The van der Waals surface area contributed by atoms with Gasteiger partial charge in [-0.05, 0) is 66.0 Å². The number of hydrogen-bond acceptors (Lipinski definition) is 2. The minimum absolute atomic E-state index is 0.622. The van der Waals surface area contributed by atoms with E-state index in [0.29, 0.717) is 5.11 Å². The van der Waals surface area contributed by atoms with Gasteiger partial charge in [-0.3, -0.25) is 0 Å². The Hall–Kier alpha value is -0.940. The van der Waals surface area contributed by atoms with E-state index in [9.17, 15) is 0 Å². The van der Waals surface area contributed by atoms with Crippen molar-refractivity contribution in [2.24, 2.45) is 0 Å². The number of pyridine rings is 1. The predicted molar refractivity (Wildman–Crippen MR) is 82.7 cm³/mol. The number of aromatic nitrogens is 1. The van der Waals surface area contributed by atoms with Gasteiger partial charge in [0.15, 0.2) is 5.11 Å². The molecule has 1 aromatic heterocycles. The monoisotopic (exact) mass is 325 g/mol. The third-order valence-corrected chi connectivity index (χ3v) is 3.55. The Morgan fingerprint density at radius 3 is 2.94 bits per heavy atom. The second kappa shape index (κ2) is 6.85. The van der Waals surface area contributed by atoms with Crippen LogP contribution in [0.15, 0.2) is 34.5 Å². The lowest BCUT2D eigenvalue weighted by molar-refractivity contribution is 0.683. The fourth-order valence-corrected chi connectivity index (χ4v) is 2.28. The van der Waals surface area contributed by atoms with Gasteiger partial charge in [0, 0.05) is 17.2 Å². The van der Waals surface area contributed by atoms with Crippen molar-refractivity contribution in [1.82, 2.24) is 10.3 Å². The third kappa shape index (κ3) is 4.38. The first-order chi connectivity index (χ1) is 8.74. The quantitative estimate of drug-likeness (QED) is 0.657. The van der Waals surface area contributed by atoms with Crippen LogP contribution < -0.4 is 10.6 Å². The number of thiocarbonyl (C=S) groups is 1. The Morgan fingerprint density at radius 1 is 1.39 bits per heavy atom. The van der Waals surface area contributed by atoms with Crippen molar-refractivity contribution in [3.05, 3.63) is 34.5 Å². The molecule has 0 fully saturated rings. The van der Waals surface area contributed by atoms with E-state index in [0.717, 1.165) is 16.8 Å². The number of rotatable bonds is 3.